The number of nitrogens with one attached hydrogen (secondary N) is 1. The molecule has 4 aromatic rings. The number of hydrogen-bond donors (Lipinski definition) is 3. The highest BCUT2D eigenvalue weighted by Crippen LogP contribution is 2.31. The van der Waals surface area contributed by atoms with Crippen molar-refractivity contribution in [3.8, 4) is 5.75 Å². The number of aromatic amines is 1. The molecule has 0 unspecified atom stereocenters. The average molecular weight is 466 g/mol. The Labute approximate surface area is 195 Å². The number of nitrogens with zero attached hydrogens (tertiary/aromatic N) is 2. The standard InChI is InChI=1S/C25H27N3O4S/c29-24-8-6-18-5-7-19(17-21(18)26-24)32-15-2-10-25(30,31)28-13-11-27(12-14-28)22-3-1-4-23-20(22)9-16-33-23/h1,3-9,16-17,30-31H,2,10-15H2,(H,26,29). The number of rotatable bonds is 7. The molecule has 0 amide bonds. The summed E-state index contributed by atoms with van der Waals surface area (Å²) in [4.78, 5) is 18.3. The van der Waals surface area contributed by atoms with Gasteiger partial charge in [-0.2, -0.15) is 0 Å². The molecule has 2 aromatic carbocycles. The smallest absolute Gasteiger partial charge is 0.248 e. The molecule has 2 aromatic heterocycles. The summed E-state index contributed by atoms with van der Waals surface area (Å²) in [5, 5.41) is 25.6. The zero-order valence-corrected chi connectivity index (χ0v) is 19.1. The third-order valence-electron chi connectivity index (χ3n) is 6.22. The normalized spacial score (nSPS) is 15.4. The summed E-state index contributed by atoms with van der Waals surface area (Å²) in [7, 11) is 0. The van der Waals surface area contributed by atoms with E-state index in [1.165, 1.54) is 21.8 Å². The highest BCUT2D eigenvalue weighted by molar-refractivity contribution is 7.17. The predicted octanol–water partition coefficient (Wildman–Crippen LogP) is 3.36. The van der Waals surface area contributed by atoms with Crippen molar-refractivity contribution in [1.29, 1.82) is 0 Å². The molecule has 0 saturated carbocycles. The predicted molar refractivity (Wildman–Crippen MR) is 132 cm³/mol. The van der Waals surface area contributed by atoms with Crippen LogP contribution in [0, 0.1) is 0 Å². The molecule has 0 aliphatic carbocycles. The summed E-state index contributed by atoms with van der Waals surface area (Å²) in [6.07, 6.45) is 0.683. The summed E-state index contributed by atoms with van der Waals surface area (Å²) in [5.74, 6) is -1.22. The molecule has 3 heterocycles. The van der Waals surface area contributed by atoms with E-state index in [4.69, 9.17) is 4.74 Å². The highest BCUT2D eigenvalue weighted by Gasteiger charge is 2.34. The van der Waals surface area contributed by atoms with E-state index in [2.05, 4.69) is 39.5 Å². The van der Waals surface area contributed by atoms with Gasteiger partial charge < -0.3 is 24.8 Å². The van der Waals surface area contributed by atoms with Gasteiger partial charge in [-0.1, -0.05) is 6.07 Å². The maximum atomic E-state index is 11.5. The number of anilines is 1. The summed E-state index contributed by atoms with van der Waals surface area (Å²) < 4.78 is 7.04. The Kier molecular flexibility index (Phi) is 6.07. The molecule has 33 heavy (non-hydrogen) atoms. The lowest BCUT2D eigenvalue weighted by Gasteiger charge is -2.42. The number of thiophene rings is 1. The zero-order valence-electron chi connectivity index (χ0n) is 18.2. The van der Waals surface area contributed by atoms with Crippen LogP contribution in [-0.4, -0.2) is 58.8 Å². The first-order chi connectivity index (χ1) is 16.0. The monoisotopic (exact) mass is 465 g/mol. The lowest BCUT2D eigenvalue weighted by Crippen LogP contribution is -2.57. The summed E-state index contributed by atoms with van der Waals surface area (Å²) in [5.41, 5.74) is 1.77. The van der Waals surface area contributed by atoms with E-state index >= 15 is 0 Å². The lowest BCUT2D eigenvalue weighted by atomic mass is 10.1. The molecule has 172 valence electrons. The Hall–Kier alpha value is -2.91. The van der Waals surface area contributed by atoms with Crippen LogP contribution in [0.2, 0.25) is 0 Å². The van der Waals surface area contributed by atoms with Gasteiger partial charge in [0.2, 0.25) is 11.5 Å². The van der Waals surface area contributed by atoms with E-state index in [1.54, 1.807) is 28.4 Å². The SMILES string of the molecule is O=c1ccc2ccc(OCCCC(O)(O)N3CCN(c4cccc5sccc45)CC3)cc2[nH]1. The Morgan fingerprint density at radius 2 is 1.85 bits per heavy atom. The third-order valence-corrected chi connectivity index (χ3v) is 7.10. The maximum Gasteiger partial charge on any atom is 0.248 e. The van der Waals surface area contributed by atoms with Crippen molar-refractivity contribution in [2.24, 2.45) is 0 Å². The van der Waals surface area contributed by atoms with Crippen LogP contribution < -0.4 is 15.2 Å². The van der Waals surface area contributed by atoms with E-state index in [0.29, 0.717) is 31.9 Å². The molecule has 5 rings (SSSR count). The van der Waals surface area contributed by atoms with Gasteiger partial charge >= 0.3 is 0 Å². The first kappa shape index (κ1) is 21.9. The molecule has 0 radical (unpaired) electrons. The lowest BCUT2D eigenvalue weighted by molar-refractivity contribution is -0.269. The van der Waals surface area contributed by atoms with Gasteiger partial charge in [0.15, 0.2) is 0 Å². The van der Waals surface area contributed by atoms with Crippen LogP contribution in [0.1, 0.15) is 12.8 Å². The highest BCUT2D eigenvalue weighted by atomic mass is 32.1. The fourth-order valence-electron chi connectivity index (χ4n) is 4.44. The van der Waals surface area contributed by atoms with Gasteiger partial charge in [-0.05, 0) is 53.6 Å². The number of hydrogen-bond acceptors (Lipinski definition) is 7. The molecular weight excluding hydrogens is 438 g/mol. The van der Waals surface area contributed by atoms with Crippen molar-refractivity contribution in [1.82, 2.24) is 9.88 Å². The maximum absolute atomic E-state index is 11.5. The third kappa shape index (κ3) is 4.74. The van der Waals surface area contributed by atoms with Crippen molar-refractivity contribution in [2.75, 3.05) is 37.7 Å². The largest absolute Gasteiger partial charge is 0.494 e. The number of benzene rings is 2. The molecule has 3 N–H and O–H groups in total. The molecule has 7 nitrogen and oxygen atoms in total. The van der Waals surface area contributed by atoms with Crippen molar-refractivity contribution < 1.29 is 14.9 Å². The van der Waals surface area contributed by atoms with Crippen LogP contribution in [0.4, 0.5) is 5.69 Å². The second-order valence-corrected chi connectivity index (χ2v) is 9.33. The average Bonchev–Trinajstić information content (AvgIpc) is 3.31. The molecule has 1 saturated heterocycles. The summed E-state index contributed by atoms with van der Waals surface area (Å²) >= 11 is 1.74. The summed E-state index contributed by atoms with van der Waals surface area (Å²) in [6.45, 7) is 2.98. The fraction of sp³-hybridized carbons (Fsp3) is 0.320. The van der Waals surface area contributed by atoms with Gasteiger partial charge in [0.05, 0.1) is 12.1 Å². The minimum atomic E-state index is -1.86. The quantitative estimate of drug-likeness (QED) is 0.287. The van der Waals surface area contributed by atoms with Crippen molar-refractivity contribution >= 4 is 38.0 Å². The van der Waals surface area contributed by atoms with Gasteiger partial charge in [0, 0.05) is 60.5 Å². The number of aliphatic hydroxyl groups is 2. The molecule has 1 aliphatic rings. The van der Waals surface area contributed by atoms with E-state index in [-0.39, 0.29) is 12.0 Å². The number of fused-ring (bicyclic) bond motifs is 2. The van der Waals surface area contributed by atoms with E-state index in [0.717, 1.165) is 24.0 Å². The van der Waals surface area contributed by atoms with Crippen LogP contribution in [0.3, 0.4) is 0 Å². The first-order valence-electron chi connectivity index (χ1n) is 11.2. The van der Waals surface area contributed by atoms with Crippen molar-refractivity contribution in [2.45, 2.75) is 18.8 Å². The van der Waals surface area contributed by atoms with E-state index in [9.17, 15) is 15.0 Å². The Bertz CT molecular complexity index is 1310. The number of piperazine rings is 1. The minimum absolute atomic E-state index is 0.155. The van der Waals surface area contributed by atoms with E-state index in [1.807, 2.05) is 12.1 Å². The van der Waals surface area contributed by atoms with Crippen LogP contribution in [-0.2, 0) is 0 Å². The number of ether oxygens (including phenoxy) is 1. The summed E-state index contributed by atoms with van der Waals surface area (Å²) in [6, 6.07) is 17.3. The van der Waals surface area contributed by atoms with Gasteiger partial charge in [0.25, 0.3) is 0 Å². The zero-order chi connectivity index (χ0) is 22.8. The minimum Gasteiger partial charge on any atom is -0.494 e. The van der Waals surface area contributed by atoms with Gasteiger partial charge in [-0.3, -0.25) is 4.79 Å². The van der Waals surface area contributed by atoms with Gasteiger partial charge in [-0.25, -0.2) is 4.90 Å². The molecule has 1 aliphatic heterocycles. The topological polar surface area (TPSA) is 89.0 Å². The Morgan fingerprint density at radius 3 is 2.70 bits per heavy atom. The Morgan fingerprint density at radius 1 is 1.03 bits per heavy atom. The molecule has 0 spiro atoms. The number of aromatic nitrogens is 1. The fourth-order valence-corrected chi connectivity index (χ4v) is 5.24. The molecule has 1 fully saturated rings. The Balaban J connectivity index is 1.13. The van der Waals surface area contributed by atoms with Crippen LogP contribution in [0.5, 0.6) is 5.75 Å². The second kappa shape index (κ2) is 9.15. The van der Waals surface area contributed by atoms with Gasteiger partial charge in [0.1, 0.15) is 5.75 Å². The van der Waals surface area contributed by atoms with Crippen molar-refractivity contribution in [3.05, 3.63) is 70.3 Å². The van der Waals surface area contributed by atoms with E-state index < -0.39 is 5.91 Å². The molecular formula is C25H27N3O4S. The van der Waals surface area contributed by atoms with Crippen molar-refractivity contribution in [3.63, 3.8) is 0 Å². The van der Waals surface area contributed by atoms with Crippen LogP contribution in [0.25, 0.3) is 21.0 Å². The first-order valence-corrected chi connectivity index (χ1v) is 12.0. The molecule has 8 heteroatoms. The van der Waals surface area contributed by atoms with Crippen LogP contribution >= 0.6 is 11.3 Å². The van der Waals surface area contributed by atoms with Crippen LogP contribution in [0.15, 0.2) is 64.8 Å². The second-order valence-electron chi connectivity index (χ2n) is 8.38. The molecule has 0 atom stereocenters. The van der Waals surface area contributed by atoms with Gasteiger partial charge in [-0.15, -0.1) is 11.3 Å². The number of H-pyrrole nitrogens is 1. The molecule has 0 bridgehead atoms. The number of pyridine rings is 1.